The number of aromatic nitrogens is 1. The molecule has 1 saturated heterocycles. The normalized spacial score (nSPS) is 17.4. The molecule has 6 nitrogen and oxygen atoms in total. The summed E-state index contributed by atoms with van der Waals surface area (Å²) in [4.78, 5) is 31.2. The largest absolute Gasteiger partial charge is 0.464 e. The maximum absolute atomic E-state index is 12.6. The van der Waals surface area contributed by atoms with E-state index < -0.39 is 0 Å². The molecule has 0 spiro atoms. The lowest BCUT2D eigenvalue weighted by Gasteiger charge is -2.32. The van der Waals surface area contributed by atoms with E-state index >= 15 is 0 Å². The molecule has 5 rings (SSSR count). The van der Waals surface area contributed by atoms with Crippen molar-refractivity contribution in [1.29, 1.82) is 0 Å². The van der Waals surface area contributed by atoms with Gasteiger partial charge in [0.15, 0.2) is 0 Å². The summed E-state index contributed by atoms with van der Waals surface area (Å²) in [5.41, 5.74) is 3.21. The number of carbonyl (C=O) groups excluding carboxylic acids is 2. The van der Waals surface area contributed by atoms with Crippen LogP contribution in [0.25, 0.3) is 22.2 Å². The molecule has 29 heavy (non-hydrogen) atoms. The van der Waals surface area contributed by atoms with Crippen LogP contribution in [0.3, 0.4) is 0 Å². The standard InChI is InChI=1S/C23H23N3O3/c27-22(25-18-8-12-26(13-9-18)23(28)17-5-6-17)16-3-1-15(2-4-16)21-19-10-14-29-20(19)7-11-24-21/h1-4,7,10-11,14,17-18H,5-6,8-9,12-13H2,(H,25,27). The maximum atomic E-state index is 12.6. The highest BCUT2D eigenvalue weighted by molar-refractivity contribution is 5.96. The molecule has 0 bridgehead atoms. The molecule has 3 heterocycles. The molecule has 2 amide bonds. The van der Waals surface area contributed by atoms with Crippen molar-refractivity contribution in [1.82, 2.24) is 15.2 Å². The molecule has 0 radical (unpaired) electrons. The van der Waals surface area contributed by atoms with Crippen molar-refractivity contribution < 1.29 is 14.0 Å². The van der Waals surface area contributed by atoms with Crippen molar-refractivity contribution in [2.45, 2.75) is 31.7 Å². The fourth-order valence-electron chi connectivity index (χ4n) is 4.01. The minimum atomic E-state index is -0.0713. The average molecular weight is 389 g/mol. The van der Waals surface area contributed by atoms with E-state index in [-0.39, 0.29) is 17.9 Å². The highest BCUT2D eigenvalue weighted by Gasteiger charge is 2.35. The lowest BCUT2D eigenvalue weighted by molar-refractivity contribution is -0.133. The van der Waals surface area contributed by atoms with Crippen molar-refractivity contribution >= 4 is 22.8 Å². The number of piperidine rings is 1. The summed E-state index contributed by atoms with van der Waals surface area (Å²) in [6.07, 6.45) is 7.08. The van der Waals surface area contributed by atoms with E-state index in [4.69, 9.17) is 4.42 Å². The van der Waals surface area contributed by atoms with Gasteiger partial charge in [-0.15, -0.1) is 0 Å². The number of benzene rings is 1. The van der Waals surface area contributed by atoms with Crippen molar-refractivity contribution in [2.75, 3.05) is 13.1 Å². The fourth-order valence-corrected chi connectivity index (χ4v) is 4.01. The molecule has 6 heteroatoms. The summed E-state index contributed by atoms with van der Waals surface area (Å²) in [6, 6.07) is 11.4. The molecule has 2 fully saturated rings. The topological polar surface area (TPSA) is 75.4 Å². The van der Waals surface area contributed by atoms with Gasteiger partial charge in [-0.2, -0.15) is 0 Å². The van der Waals surface area contributed by atoms with Gasteiger partial charge in [0, 0.05) is 47.8 Å². The van der Waals surface area contributed by atoms with Crippen molar-refractivity contribution in [3.63, 3.8) is 0 Å². The zero-order valence-electron chi connectivity index (χ0n) is 16.1. The molecule has 2 aliphatic rings. The highest BCUT2D eigenvalue weighted by atomic mass is 16.3. The van der Waals surface area contributed by atoms with Gasteiger partial charge in [0.1, 0.15) is 5.58 Å². The van der Waals surface area contributed by atoms with Crippen LogP contribution in [0.15, 0.2) is 53.3 Å². The van der Waals surface area contributed by atoms with Gasteiger partial charge in [-0.25, -0.2) is 0 Å². The molecule has 1 aliphatic heterocycles. The number of pyridine rings is 1. The third kappa shape index (κ3) is 3.62. The van der Waals surface area contributed by atoms with Crippen LogP contribution in [0.1, 0.15) is 36.0 Å². The van der Waals surface area contributed by atoms with Gasteiger partial charge in [0.25, 0.3) is 5.91 Å². The van der Waals surface area contributed by atoms with E-state index in [1.54, 1.807) is 12.5 Å². The highest BCUT2D eigenvalue weighted by Crippen LogP contribution is 2.32. The first-order valence-electron chi connectivity index (χ1n) is 10.2. The number of carbonyl (C=O) groups is 2. The Hall–Kier alpha value is -3.15. The molecule has 0 atom stereocenters. The number of nitrogens with one attached hydrogen (secondary N) is 1. The van der Waals surface area contributed by atoms with Gasteiger partial charge >= 0.3 is 0 Å². The SMILES string of the molecule is O=C(NC1CCN(C(=O)C2CC2)CC1)c1ccc(-c2nccc3occc23)cc1. The quantitative estimate of drug-likeness (QED) is 0.739. The summed E-state index contributed by atoms with van der Waals surface area (Å²) in [6.45, 7) is 1.47. The Morgan fingerprint density at radius 1 is 1.00 bits per heavy atom. The zero-order valence-corrected chi connectivity index (χ0v) is 16.1. The number of furan rings is 1. The predicted molar refractivity (Wildman–Crippen MR) is 109 cm³/mol. The van der Waals surface area contributed by atoms with Crippen LogP contribution in [-0.2, 0) is 4.79 Å². The van der Waals surface area contributed by atoms with Gasteiger partial charge in [0.05, 0.1) is 12.0 Å². The van der Waals surface area contributed by atoms with Crippen LogP contribution in [0.2, 0.25) is 0 Å². The Morgan fingerprint density at radius 3 is 2.48 bits per heavy atom. The monoisotopic (exact) mass is 389 g/mol. The molecule has 3 aromatic rings. The van der Waals surface area contributed by atoms with Gasteiger partial charge < -0.3 is 14.6 Å². The molecule has 0 unspecified atom stereocenters. The summed E-state index contributed by atoms with van der Waals surface area (Å²) >= 11 is 0. The molecule has 1 aromatic carbocycles. The average Bonchev–Trinajstić information content (AvgIpc) is 3.50. The number of fused-ring (bicyclic) bond motifs is 1. The van der Waals surface area contributed by atoms with E-state index in [9.17, 15) is 9.59 Å². The molecule has 1 aliphatic carbocycles. The Labute approximate surface area is 168 Å². The third-order valence-electron chi connectivity index (χ3n) is 5.87. The van der Waals surface area contributed by atoms with Crippen LogP contribution >= 0.6 is 0 Å². The second-order valence-electron chi connectivity index (χ2n) is 7.92. The van der Waals surface area contributed by atoms with E-state index in [1.807, 2.05) is 41.3 Å². The first-order chi connectivity index (χ1) is 14.2. The number of rotatable bonds is 4. The van der Waals surface area contributed by atoms with E-state index in [2.05, 4.69) is 10.3 Å². The Bertz CT molecular complexity index is 1040. The van der Waals surface area contributed by atoms with Crippen LogP contribution in [0.4, 0.5) is 0 Å². The molecular weight excluding hydrogens is 366 g/mol. The predicted octanol–water partition coefficient (Wildman–Crippen LogP) is 3.63. The van der Waals surface area contributed by atoms with Crippen LogP contribution in [-0.4, -0.2) is 40.8 Å². The summed E-state index contributed by atoms with van der Waals surface area (Å²) in [5.74, 6) is 0.492. The Morgan fingerprint density at radius 2 is 1.76 bits per heavy atom. The first kappa shape index (κ1) is 17.9. The Balaban J connectivity index is 1.22. The smallest absolute Gasteiger partial charge is 0.251 e. The molecule has 2 aromatic heterocycles. The van der Waals surface area contributed by atoms with Crippen LogP contribution < -0.4 is 5.32 Å². The lowest BCUT2D eigenvalue weighted by atomic mass is 10.0. The summed E-state index contributed by atoms with van der Waals surface area (Å²) < 4.78 is 5.44. The van der Waals surface area contributed by atoms with E-state index in [0.29, 0.717) is 11.5 Å². The van der Waals surface area contributed by atoms with E-state index in [1.165, 1.54) is 0 Å². The number of likely N-dealkylation sites (tertiary alicyclic amines) is 1. The van der Waals surface area contributed by atoms with Crippen molar-refractivity contribution in [3.05, 3.63) is 54.4 Å². The number of hydrogen-bond donors (Lipinski definition) is 1. The lowest BCUT2D eigenvalue weighted by Crippen LogP contribution is -2.47. The second-order valence-corrected chi connectivity index (χ2v) is 7.92. The number of hydrogen-bond acceptors (Lipinski definition) is 4. The first-order valence-corrected chi connectivity index (χ1v) is 10.2. The van der Waals surface area contributed by atoms with Crippen LogP contribution in [0, 0.1) is 5.92 Å². The third-order valence-corrected chi connectivity index (χ3v) is 5.87. The minimum Gasteiger partial charge on any atom is -0.464 e. The minimum absolute atomic E-state index is 0.0713. The number of nitrogens with zero attached hydrogens (tertiary/aromatic N) is 2. The van der Waals surface area contributed by atoms with Gasteiger partial charge in [-0.1, -0.05) is 12.1 Å². The molecule has 148 valence electrons. The van der Waals surface area contributed by atoms with E-state index in [0.717, 1.165) is 61.0 Å². The maximum Gasteiger partial charge on any atom is 0.251 e. The van der Waals surface area contributed by atoms with Gasteiger partial charge in [-0.05, 0) is 49.9 Å². The van der Waals surface area contributed by atoms with Gasteiger partial charge in [-0.3, -0.25) is 14.6 Å². The zero-order chi connectivity index (χ0) is 19.8. The van der Waals surface area contributed by atoms with Crippen LogP contribution in [0.5, 0.6) is 0 Å². The van der Waals surface area contributed by atoms with Crippen molar-refractivity contribution in [3.8, 4) is 11.3 Å². The Kier molecular flexibility index (Phi) is 4.54. The summed E-state index contributed by atoms with van der Waals surface area (Å²) in [5, 5.41) is 4.07. The fraction of sp³-hybridized carbons (Fsp3) is 0.348. The van der Waals surface area contributed by atoms with Gasteiger partial charge in [0.2, 0.25) is 5.91 Å². The molecular formula is C23H23N3O3. The molecule has 1 N–H and O–H groups in total. The second kappa shape index (κ2) is 7.35. The van der Waals surface area contributed by atoms with Crippen molar-refractivity contribution in [2.24, 2.45) is 5.92 Å². The molecule has 1 saturated carbocycles. The number of amides is 2. The summed E-state index contributed by atoms with van der Waals surface area (Å²) in [7, 11) is 0.